The van der Waals surface area contributed by atoms with Gasteiger partial charge in [-0.15, -0.1) is 15.3 Å². The number of hydrogen-bond donors (Lipinski definition) is 4. The van der Waals surface area contributed by atoms with Crippen molar-refractivity contribution in [1.29, 1.82) is 0 Å². The number of benzene rings is 5. The van der Waals surface area contributed by atoms with Gasteiger partial charge in [0, 0.05) is 27.2 Å². The van der Waals surface area contributed by atoms with Crippen molar-refractivity contribution >= 4 is 80.3 Å². The van der Waals surface area contributed by atoms with E-state index in [-0.39, 0.29) is 49.5 Å². The van der Waals surface area contributed by atoms with E-state index in [2.05, 4.69) is 20.5 Å². The van der Waals surface area contributed by atoms with Crippen LogP contribution in [0.15, 0.2) is 120 Å². The fourth-order valence-corrected chi connectivity index (χ4v) is 5.94. The van der Waals surface area contributed by atoms with Gasteiger partial charge in [0.25, 0.3) is 30.4 Å². The van der Waals surface area contributed by atoms with Crippen molar-refractivity contribution in [3.8, 4) is 0 Å². The van der Waals surface area contributed by atoms with Crippen molar-refractivity contribution in [1.82, 2.24) is 0 Å². The minimum absolute atomic E-state index is 0.0420. The van der Waals surface area contributed by atoms with Crippen molar-refractivity contribution in [2.45, 2.75) is 14.7 Å². The molecule has 0 heterocycles. The summed E-state index contributed by atoms with van der Waals surface area (Å²) < 4.78 is 98.5. The smallest absolute Gasteiger partial charge is 0.295 e. The van der Waals surface area contributed by atoms with Crippen LogP contribution in [0.5, 0.6) is 0 Å². The average molecular weight is 642 g/mol. The maximum Gasteiger partial charge on any atom is 0.295 e. The van der Waals surface area contributed by atoms with E-state index in [9.17, 15) is 34.4 Å². The molecular weight excluding hydrogens is 623 g/mol. The predicted octanol–water partition coefficient (Wildman–Crippen LogP) is 6.15. The van der Waals surface area contributed by atoms with Gasteiger partial charge >= 0.3 is 0 Å². The maximum atomic E-state index is 11.9. The number of azo groups is 2. The second-order valence-electron chi connectivity index (χ2n) is 8.98. The number of rotatable bonds is 7. The van der Waals surface area contributed by atoms with Crippen LogP contribution in [0.3, 0.4) is 0 Å². The minimum atomic E-state index is -4.61. The van der Waals surface area contributed by atoms with E-state index in [0.717, 1.165) is 24.3 Å². The molecule has 0 spiro atoms. The van der Waals surface area contributed by atoms with Crippen LogP contribution in [0.25, 0.3) is 21.5 Å². The molecular formula is C26H19N5O9S3. The standard InChI is InChI=1S/C26H19N5O9S3/c27-21-10-11-23(19-2-1-3-25(26(19)21)43(38,39)40)30-31-24-13-12-22(18-9-8-17(14-20(18)24)42(35,36)37)29-28-15-4-6-16(7-5-15)41(32,33)34/h1-14H,27H2,(H,32,33,34)(H,35,36,37)(H,38,39,40)/b29-28+,31-30+. The van der Waals surface area contributed by atoms with Crippen LogP contribution in [-0.2, 0) is 30.4 Å². The van der Waals surface area contributed by atoms with Crippen LogP contribution in [0.4, 0.5) is 28.4 Å². The lowest BCUT2D eigenvalue weighted by Crippen LogP contribution is -2.01. The molecule has 17 heteroatoms. The van der Waals surface area contributed by atoms with Crippen molar-refractivity contribution in [3.63, 3.8) is 0 Å². The Morgan fingerprint density at radius 2 is 1.05 bits per heavy atom. The lowest BCUT2D eigenvalue weighted by atomic mass is 10.1. The molecule has 0 fully saturated rings. The summed E-state index contributed by atoms with van der Waals surface area (Å²) in [6.07, 6.45) is 0. The summed E-state index contributed by atoms with van der Waals surface area (Å²) in [4.78, 5) is -1.17. The Kier molecular flexibility index (Phi) is 7.55. The molecule has 0 saturated heterocycles. The van der Waals surface area contributed by atoms with Gasteiger partial charge in [-0.3, -0.25) is 13.7 Å². The Morgan fingerprint density at radius 1 is 0.512 bits per heavy atom. The van der Waals surface area contributed by atoms with Gasteiger partial charge in [-0.2, -0.15) is 30.4 Å². The predicted molar refractivity (Wildman–Crippen MR) is 157 cm³/mol. The van der Waals surface area contributed by atoms with E-state index in [4.69, 9.17) is 10.3 Å². The normalized spacial score (nSPS) is 13.0. The molecule has 0 aliphatic carbocycles. The Labute approximate surface area is 244 Å². The third-order valence-electron chi connectivity index (χ3n) is 6.20. The average Bonchev–Trinajstić information content (AvgIpc) is 2.94. The SMILES string of the molecule is Nc1ccc(/N=N/c2ccc(/N=N/c3ccc(S(=O)(=O)O)cc3)c3ccc(S(=O)(=O)O)cc23)c2cccc(S(=O)(=O)O)c12. The molecule has 5 aromatic carbocycles. The third kappa shape index (κ3) is 6.26. The first-order valence-electron chi connectivity index (χ1n) is 11.9. The van der Waals surface area contributed by atoms with Crippen LogP contribution >= 0.6 is 0 Å². The van der Waals surface area contributed by atoms with Gasteiger partial charge in [0.15, 0.2) is 0 Å². The summed E-state index contributed by atoms with van der Waals surface area (Å²) in [5, 5.41) is 17.6. The van der Waals surface area contributed by atoms with Crippen LogP contribution < -0.4 is 5.73 Å². The molecule has 0 aliphatic heterocycles. The first-order valence-corrected chi connectivity index (χ1v) is 16.2. The maximum absolute atomic E-state index is 11.9. The minimum Gasteiger partial charge on any atom is -0.398 e. The fraction of sp³-hybridized carbons (Fsp3) is 0. The molecule has 5 aromatic rings. The zero-order valence-electron chi connectivity index (χ0n) is 21.5. The lowest BCUT2D eigenvalue weighted by molar-refractivity contribution is 0.481. The highest BCUT2D eigenvalue weighted by atomic mass is 32.2. The van der Waals surface area contributed by atoms with Gasteiger partial charge in [-0.05, 0) is 66.7 Å². The monoisotopic (exact) mass is 641 g/mol. The Hall–Kier alpha value is -4.65. The first kappa shape index (κ1) is 29.8. The molecule has 0 aromatic heterocycles. The number of hydrogen-bond acceptors (Lipinski definition) is 11. The molecule has 0 amide bonds. The molecule has 0 aliphatic rings. The second kappa shape index (κ2) is 10.9. The van der Waals surface area contributed by atoms with Crippen molar-refractivity contribution < 1.29 is 38.9 Å². The fourth-order valence-electron chi connectivity index (χ4n) is 4.22. The summed E-state index contributed by atoms with van der Waals surface area (Å²) in [6, 6.07) is 18.6. The van der Waals surface area contributed by atoms with E-state index in [1.54, 1.807) is 0 Å². The lowest BCUT2D eigenvalue weighted by Gasteiger charge is -2.09. The van der Waals surface area contributed by atoms with Crippen LogP contribution in [-0.4, -0.2) is 38.9 Å². The van der Waals surface area contributed by atoms with Crippen molar-refractivity contribution in [3.05, 3.63) is 84.9 Å². The summed E-state index contributed by atoms with van der Waals surface area (Å²) in [6.45, 7) is 0. The molecule has 43 heavy (non-hydrogen) atoms. The van der Waals surface area contributed by atoms with E-state index < -0.39 is 40.1 Å². The topological polar surface area (TPSA) is 239 Å². The van der Waals surface area contributed by atoms with Crippen molar-refractivity contribution in [2.24, 2.45) is 20.5 Å². The molecule has 0 bridgehead atoms. The molecule has 5 N–H and O–H groups in total. The zero-order chi connectivity index (χ0) is 31.2. The van der Waals surface area contributed by atoms with Gasteiger partial charge in [0.2, 0.25) is 0 Å². The summed E-state index contributed by atoms with van der Waals surface area (Å²) in [7, 11) is -13.6. The van der Waals surface area contributed by atoms with Gasteiger partial charge in [-0.25, -0.2) is 0 Å². The Bertz CT molecular complexity index is 2320. The molecule has 0 atom stereocenters. The zero-order valence-corrected chi connectivity index (χ0v) is 23.9. The van der Waals surface area contributed by atoms with Gasteiger partial charge in [-0.1, -0.05) is 18.2 Å². The Morgan fingerprint density at radius 3 is 1.65 bits per heavy atom. The summed E-state index contributed by atoms with van der Waals surface area (Å²) in [5.41, 5.74) is 6.90. The number of nitrogens with two attached hydrogens (primary N) is 1. The largest absolute Gasteiger partial charge is 0.398 e. The molecule has 14 nitrogen and oxygen atoms in total. The molecule has 220 valence electrons. The highest BCUT2D eigenvalue weighted by Crippen LogP contribution is 2.39. The third-order valence-corrected chi connectivity index (χ3v) is 8.82. The molecule has 5 rings (SSSR count). The number of fused-ring (bicyclic) bond motifs is 2. The van der Waals surface area contributed by atoms with E-state index in [0.29, 0.717) is 5.39 Å². The first-order chi connectivity index (χ1) is 20.1. The van der Waals surface area contributed by atoms with Gasteiger partial charge in [0.05, 0.1) is 32.5 Å². The molecule has 0 saturated carbocycles. The number of nitrogens with zero attached hydrogens (tertiary/aromatic N) is 4. The van der Waals surface area contributed by atoms with Crippen molar-refractivity contribution in [2.75, 3.05) is 5.73 Å². The quantitative estimate of drug-likeness (QED) is 0.0898. The number of anilines is 1. The van der Waals surface area contributed by atoms with Crippen LogP contribution in [0, 0.1) is 0 Å². The van der Waals surface area contributed by atoms with E-state index in [1.165, 1.54) is 60.7 Å². The summed E-state index contributed by atoms with van der Waals surface area (Å²) in [5.74, 6) is 0. The molecule has 0 radical (unpaired) electrons. The highest BCUT2D eigenvalue weighted by molar-refractivity contribution is 7.86. The second-order valence-corrected chi connectivity index (χ2v) is 13.2. The van der Waals surface area contributed by atoms with E-state index in [1.807, 2.05) is 0 Å². The number of nitrogen functional groups attached to an aromatic ring is 1. The molecule has 0 unspecified atom stereocenters. The van der Waals surface area contributed by atoms with Gasteiger partial charge < -0.3 is 5.73 Å². The highest BCUT2D eigenvalue weighted by Gasteiger charge is 2.18. The van der Waals surface area contributed by atoms with E-state index >= 15 is 0 Å². The Balaban J connectivity index is 1.62. The van der Waals surface area contributed by atoms with Crippen LogP contribution in [0.2, 0.25) is 0 Å². The van der Waals surface area contributed by atoms with Crippen LogP contribution in [0.1, 0.15) is 0 Å². The van der Waals surface area contributed by atoms with Gasteiger partial charge in [0.1, 0.15) is 4.90 Å². The summed E-state index contributed by atoms with van der Waals surface area (Å²) >= 11 is 0.